The third kappa shape index (κ3) is 7.00. The van der Waals surface area contributed by atoms with Gasteiger partial charge in [-0.25, -0.2) is 0 Å². The Kier molecular flexibility index (Phi) is 12.2. The molecule has 0 aromatic rings. The summed E-state index contributed by atoms with van der Waals surface area (Å²) in [6.45, 7) is 33.5. The molecule has 16 rings (SSSR count). The molecular weight excluding hydrogens is 981 g/mol. The van der Waals surface area contributed by atoms with Crippen LogP contribution in [0.25, 0.3) is 0 Å². The third-order valence-corrected chi connectivity index (χ3v) is 31.5. The SMILES string of the molecule is CC(=O)[C@H]1CCC2C3C(CC[C@@]21C)[C@@]1(C)CC[C@H](O)CC1=CC3(C)C.CC1(C)C(=O)C23C[C@H]2CC[C@]3(C)C2CC[C@@]3(C)C(CC[C@@H]3C3(C)OCCO3)C21.CC1([C@H]2CCC3C4CC(=O)C56C[C@H]5CC[C@]6(C)C4CC[C@@]32C)OCCO1. The van der Waals surface area contributed by atoms with E-state index in [0.29, 0.717) is 76.0 Å². The predicted octanol–water partition coefficient (Wildman–Crippen LogP) is 15.0. The largest absolute Gasteiger partial charge is 0.393 e. The molecule has 11 unspecified atom stereocenters. The summed E-state index contributed by atoms with van der Waals surface area (Å²) in [6.07, 6.45) is 28.8. The Morgan fingerprint density at radius 3 is 1.61 bits per heavy atom. The van der Waals surface area contributed by atoms with Gasteiger partial charge >= 0.3 is 0 Å². The fourth-order valence-corrected chi connectivity index (χ4v) is 27.9. The van der Waals surface area contributed by atoms with Crippen LogP contribution in [-0.4, -0.2) is 66.6 Å². The van der Waals surface area contributed by atoms with E-state index < -0.39 is 11.6 Å². The predicted molar refractivity (Wildman–Crippen MR) is 307 cm³/mol. The van der Waals surface area contributed by atoms with Crippen molar-refractivity contribution in [2.24, 2.45) is 137 Å². The van der Waals surface area contributed by atoms with Crippen LogP contribution in [0.1, 0.15) is 231 Å². The normalized spacial score (nSPS) is 56.3. The van der Waals surface area contributed by atoms with Crippen LogP contribution in [0.15, 0.2) is 11.6 Å². The van der Waals surface area contributed by atoms with Crippen LogP contribution in [0, 0.1) is 137 Å². The van der Waals surface area contributed by atoms with Gasteiger partial charge in [0, 0.05) is 40.4 Å². The molecule has 14 aliphatic carbocycles. The molecule has 15 fully saturated rings. The van der Waals surface area contributed by atoms with Gasteiger partial charge in [0.25, 0.3) is 0 Å². The molecule has 0 radical (unpaired) electrons. The molecule has 2 saturated heterocycles. The summed E-state index contributed by atoms with van der Waals surface area (Å²) in [5.74, 6) is 9.61. The molecule has 0 bridgehead atoms. The number of aliphatic hydroxyl groups excluding tert-OH is 1. The van der Waals surface area contributed by atoms with E-state index in [4.69, 9.17) is 18.9 Å². The van der Waals surface area contributed by atoms with Gasteiger partial charge in [-0.15, -0.1) is 0 Å². The molecule has 0 amide bonds. The second kappa shape index (κ2) is 17.4. The lowest BCUT2D eigenvalue weighted by Gasteiger charge is -2.63. The number of rotatable bonds is 3. The Morgan fingerprint density at radius 2 is 1.01 bits per heavy atom. The lowest BCUT2D eigenvalue weighted by Crippen LogP contribution is -2.63. The summed E-state index contributed by atoms with van der Waals surface area (Å²) in [5, 5.41) is 10.2. The van der Waals surface area contributed by atoms with Crippen molar-refractivity contribution in [1.29, 1.82) is 0 Å². The van der Waals surface area contributed by atoms with Gasteiger partial charge in [-0.2, -0.15) is 0 Å². The number of ether oxygens (including phenoxy) is 4. The number of carbonyl (C=O) groups is 3. The van der Waals surface area contributed by atoms with Gasteiger partial charge in [0.2, 0.25) is 0 Å². The van der Waals surface area contributed by atoms with Crippen molar-refractivity contribution in [2.75, 3.05) is 26.4 Å². The Morgan fingerprint density at radius 1 is 0.506 bits per heavy atom. The summed E-state index contributed by atoms with van der Waals surface area (Å²) < 4.78 is 24.6. The van der Waals surface area contributed by atoms with E-state index in [1.807, 2.05) is 6.92 Å². The molecule has 2 aliphatic heterocycles. The maximum Gasteiger partial charge on any atom is 0.169 e. The van der Waals surface area contributed by atoms with Crippen molar-refractivity contribution >= 4 is 17.3 Å². The summed E-state index contributed by atoms with van der Waals surface area (Å²) in [4.78, 5) is 39.7. The van der Waals surface area contributed by atoms with Crippen molar-refractivity contribution in [3.63, 3.8) is 0 Å². The zero-order valence-corrected chi connectivity index (χ0v) is 51.9. The lowest BCUT2D eigenvalue weighted by molar-refractivity contribution is -0.223. The monoisotopic (exact) mass is 1090 g/mol. The molecule has 440 valence electrons. The third-order valence-electron chi connectivity index (χ3n) is 31.5. The highest BCUT2D eigenvalue weighted by Gasteiger charge is 2.82. The van der Waals surface area contributed by atoms with Gasteiger partial charge in [-0.3, -0.25) is 14.4 Å². The Bertz CT molecular complexity index is 2570. The first kappa shape index (κ1) is 55.4. The van der Waals surface area contributed by atoms with E-state index in [1.165, 1.54) is 115 Å². The Labute approximate surface area is 477 Å². The quantitative estimate of drug-likeness (QED) is 0.279. The topological polar surface area (TPSA) is 108 Å². The molecule has 16 aliphatic rings. The molecule has 0 aromatic heterocycles. The van der Waals surface area contributed by atoms with Gasteiger partial charge in [-0.05, 0) is 259 Å². The number of hydrogen-bond donors (Lipinski definition) is 1. The standard InChI is InChI=1S/C25H38O3.C23H34O3.C23H36O2/c1-21(2)19-16-6-7-18(24(5)27-12-13-28-24)22(16,3)10-9-17(19)23(4)11-8-15-14-25(15,23)20(21)26;1-20-8-7-17-15(12-19(24)23-13-14(23)6-9-21(17,23)2)16(20)4-5-18(20)22(3)25-10-11-26-22;1-14(24)17-6-7-18-20-19(9-11-23(17,18)5)22(4)10-8-16(25)12-15(22)13-21(20,2)3/h15-19H,6-14H2,1-5H3;14-18H,4-13H2,1-3H3;13,16-20,25H,6-12H2,1-5H3/t15-,16?,17?,18+,19?,22+,23-,25?;14-,15?,16?,17?,18+,20+,21-,23?;16-,17+,18?,19?,20?,22-,23+/m110/s1. The number of fused-ring (bicyclic) bond motifs is 13. The molecule has 8 nitrogen and oxygen atoms in total. The van der Waals surface area contributed by atoms with Crippen LogP contribution in [-0.2, 0) is 33.3 Å². The average Bonchev–Trinajstić information content (AvgIpc) is 1.65. The van der Waals surface area contributed by atoms with E-state index in [-0.39, 0.29) is 60.8 Å². The van der Waals surface area contributed by atoms with Crippen LogP contribution in [0.2, 0.25) is 0 Å². The minimum atomic E-state index is -0.417. The van der Waals surface area contributed by atoms with E-state index in [0.717, 1.165) is 82.2 Å². The van der Waals surface area contributed by atoms with Crippen molar-refractivity contribution in [2.45, 2.75) is 249 Å². The first-order valence-electron chi connectivity index (χ1n) is 33.6. The molecule has 0 aromatic carbocycles. The van der Waals surface area contributed by atoms with E-state index >= 15 is 0 Å². The highest BCUT2D eigenvalue weighted by Crippen LogP contribution is 2.84. The van der Waals surface area contributed by atoms with Crippen molar-refractivity contribution < 1.29 is 38.4 Å². The van der Waals surface area contributed by atoms with Gasteiger partial charge < -0.3 is 24.1 Å². The molecule has 79 heavy (non-hydrogen) atoms. The average molecular weight is 1090 g/mol. The Hall–Kier alpha value is -1.45. The fourth-order valence-electron chi connectivity index (χ4n) is 27.9. The van der Waals surface area contributed by atoms with E-state index in [9.17, 15) is 19.5 Å². The minimum Gasteiger partial charge on any atom is -0.393 e. The second-order valence-electron chi connectivity index (χ2n) is 34.6. The van der Waals surface area contributed by atoms with Crippen LogP contribution >= 0.6 is 0 Å². The smallest absolute Gasteiger partial charge is 0.169 e. The Balaban J connectivity index is 0.000000107. The number of carbonyl (C=O) groups excluding carboxylic acids is 3. The fraction of sp³-hybridized carbons (Fsp3) is 0.930. The molecule has 2 heterocycles. The van der Waals surface area contributed by atoms with Gasteiger partial charge in [0.15, 0.2) is 11.6 Å². The van der Waals surface area contributed by atoms with Crippen LogP contribution in [0.4, 0.5) is 0 Å². The molecule has 23 atom stereocenters. The summed E-state index contributed by atoms with van der Waals surface area (Å²) in [5.41, 5.74) is 3.26. The lowest BCUT2D eigenvalue weighted by atomic mass is 9.40. The molecule has 1 N–H and O–H groups in total. The summed E-state index contributed by atoms with van der Waals surface area (Å²) in [7, 11) is 0. The minimum absolute atomic E-state index is 0.0487. The van der Waals surface area contributed by atoms with Gasteiger partial charge in [-0.1, -0.05) is 80.9 Å². The van der Waals surface area contributed by atoms with Gasteiger partial charge in [0.1, 0.15) is 17.3 Å². The molecule has 8 heteroatoms. The number of aliphatic hydroxyl groups is 1. The van der Waals surface area contributed by atoms with Crippen LogP contribution in [0.5, 0.6) is 0 Å². The first-order chi connectivity index (χ1) is 37.1. The summed E-state index contributed by atoms with van der Waals surface area (Å²) >= 11 is 0. The van der Waals surface area contributed by atoms with Crippen molar-refractivity contribution in [3.05, 3.63) is 11.6 Å². The second-order valence-corrected chi connectivity index (χ2v) is 34.6. The summed E-state index contributed by atoms with van der Waals surface area (Å²) in [6, 6.07) is 0. The van der Waals surface area contributed by atoms with E-state index in [1.54, 1.807) is 0 Å². The maximum absolute atomic E-state index is 14.0. The van der Waals surface area contributed by atoms with Crippen molar-refractivity contribution in [1.82, 2.24) is 0 Å². The van der Waals surface area contributed by atoms with E-state index in [2.05, 4.69) is 89.2 Å². The zero-order chi connectivity index (χ0) is 55.9. The maximum atomic E-state index is 14.0. The number of allylic oxidation sites excluding steroid dienone is 1. The zero-order valence-electron chi connectivity index (χ0n) is 51.9. The molecule has 2 spiro atoms. The highest BCUT2D eigenvalue weighted by atomic mass is 16.7. The first-order valence-corrected chi connectivity index (χ1v) is 33.6. The number of Topliss-reactive ketones (excluding diaryl/α,β-unsaturated/α-hetero) is 3. The molecule has 13 saturated carbocycles. The van der Waals surface area contributed by atoms with Crippen LogP contribution in [0.3, 0.4) is 0 Å². The number of hydrogen-bond acceptors (Lipinski definition) is 8. The molecular formula is C71H108O8. The van der Waals surface area contributed by atoms with Gasteiger partial charge in [0.05, 0.1) is 32.5 Å². The highest BCUT2D eigenvalue weighted by molar-refractivity contribution is 5.95. The van der Waals surface area contributed by atoms with Crippen LogP contribution < -0.4 is 0 Å². The number of ketones is 3. The van der Waals surface area contributed by atoms with Crippen molar-refractivity contribution in [3.8, 4) is 0 Å².